The van der Waals surface area contributed by atoms with Gasteiger partial charge in [-0.05, 0) is 25.5 Å². The number of nitrogen functional groups attached to an aromatic ring is 1. The number of hydrazine groups is 1. The highest BCUT2D eigenvalue weighted by molar-refractivity contribution is 5.92. The van der Waals surface area contributed by atoms with Crippen LogP contribution in [-0.2, 0) is 4.74 Å². The number of nitrogens with zero attached hydrogens (tertiary/aromatic N) is 2. The lowest BCUT2D eigenvalue weighted by molar-refractivity contribution is 0.0608. The first-order valence-corrected chi connectivity index (χ1v) is 6.36. The number of ether oxygens (including phenoxy) is 1. The number of carbonyl (C=O) groups is 1. The summed E-state index contributed by atoms with van der Waals surface area (Å²) in [6, 6.07) is 3.54. The van der Waals surface area contributed by atoms with Crippen molar-refractivity contribution in [3.8, 4) is 0 Å². The Kier molecular flexibility index (Phi) is 6.24. The molecule has 1 amide bonds. The van der Waals surface area contributed by atoms with Crippen LogP contribution in [0.4, 0.5) is 5.69 Å². The van der Waals surface area contributed by atoms with E-state index in [0.29, 0.717) is 24.5 Å². The highest BCUT2D eigenvalue weighted by Crippen LogP contribution is 2.11. The molecule has 1 rings (SSSR count). The zero-order chi connectivity index (χ0) is 14.3. The Morgan fingerprint density at radius 3 is 2.79 bits per heavy atom. The Morgan fingerprint density at radius 1 is 1.58 bits per heavy atom. The van der Waals surface area contributed by atoms with E-state index in [0.717, 1.165) is 6.42 Å². The number of rotatable bonds is 7. The van der Waals surface area contributed by atoms with Crippen LogP contribution in [0.3, 0.4) is 0 Å². The number of carbonyl (C=O) groups excluding carboxylic acids is 1. The molecule has 1 aromatic heterocycles. The lowest BCUT2D eigenvalue weighted by Gasteiger charge is -2.28. The standard InChI is InChI=1S/C13H22N4O2/c1-4-10(2)17(7-8-19-3)13(18)12-6-5-11(16-14)9-15-12/h5-6,9-10,16H,4,7-8,14H2,1-3H3. The fraction of sp³-hybridized carbons (Fsp3) is 0.538. The van der Waals surface area contributed by atoms with Crippen LogP contribution in [0.25, 0.3) is 0 Å². The average molecular weight is 266 g/mol. The number of hydrogen-bond donors (Lipinski definition) is 2. The van der Waals surface area contributed by atoms with E-state index in [1.165, 1.54) is 0 Å². The summed E-state index contributed by atoms with van der Waals surface area (Å²) in [6.07, 6.45) is 2.43. The highest BCUT2D eigenvalue weighted by atomic mass is 16.5. The summed E-state index contributed by atoms with van der Waals surface area (Å²) in [6.45, 7) is 5.14. The van der Waals surface area contributed by atoms with Gasteiger partial charge in [-0.25, -0.2) is 4.98 Å². The van der Waals surface area contributed by atoms with Crippen LogP contribution < -0.4 is 11.3 Å². The summed E-state index contributed by atoms with van der Waals surface area (Å²) in [5.41, 5.74) is 3.57. The van der Waals surface area contributed by atoms with Crippen molar-refractivity contribution in [3.63, 3.8) is 0 Å². The van der Waals surface area contributed by atoms with Gasteiger partial charge in [0.25, 0.3) is 5.91 Å². The number of pyridine rings is 1. The van der Waals surface area contributed by atoms with Crippen molar-refractivity contribution in [2.75, 3.05) is 25.7 Å². The molecule has 0 bridgehead atoms. The van der Waals surface area contributed by atoms with E-state index in [1.54, 1.807) is 30.3 Å². The third kappa shape index (κ3) is 4.18. The van der Waals surface area contributed by atoms with Crippen molar-refractivity contribution in [1.29, 1.82) is 0 Å². The Balaban J connectivity index is 2.84. The second-order valence-electron chi connectivity index (χ2n) is 4.33. The molecule has 0 aromatic carbocycles. The second kappa shape index (κ2) is 7.70. The molecule has 1 aromatic rings. The molecular formula is C13H22N4O2. The molecule has 0 saturated carbocycles. The fourth-order valence-corrected chi connectivity index (χ4v) is 1.69. The Bertz CT molecular complexity index is 394. The molecule has 0 aliphatic carbocycles. The van der Waals surface area contributed by atoms with Gasteiger partial charge in [-0.15, -0.1) is 0 Å². The molecule has 0 saturated heterocycles. The summed E-state index contributed by atoms with van der Waals surface area (Å²) in [4.78, 5) is 18.3. The number of aromatic nitrogens is 1. The molecule has 3 N–H and O–H groups in total. The van der Waals surface area contributed by atoms with Crippen LogP contribution in [0.15, 0.2) is 18.3 Å². The molecule has 106 valence electrons. The summed E-state index contributed by atoms with van der Waals surface area (Å²) in [5.74, 6) is 5.18. The van der Waals surface area contributed by atoms with Gasteiger partial charge in [0.1, 0.15) is 5.69 Å². The Labute approximate surface area is 113 Å². The van der Waals surface area contributed by atoms with E-state index >= 15 is 0 Å². The normalized spacial score (nSPS) is 12.0. The minimum Gasteiger partial charge on any atom is -0.383 e. The smallest absolute Gasteiger partial charge is 0.272 e. The van der Waals surface area contributed by atoms with Crippen molar-refractivity contribution in [2.24, 2.45) is 5.84 Å². The lowest BCUT2D eigenvalue weighted by atomic mass is 10.2. The topological polar surface area (TPSA) is 80.5 Å². The number of hydrogen-bond acceptors (Lipinski definition) is 5. The number of nitrogens with two attached hydrogens (primary N) is 1. The van der Waals surface area contributed by atoms with Crippen molar-refractivity contribution in [3.05, 3.63) is 24.0 Å². The summed E-state index contributed by atoms with van der Waals surface area (Å²) in [5, 5.41) is 0. The lowest BCUT2D eigenvalue weighted by Crippen LogP contribution is -2.40. The molecule has 0 aliphatic rings. The maximum absolute atomic E-state index is 12.4. The van der Waals surface area contributed by atoms with E-state index in [-0.39, 0.29) is 11.9 Å². The van der Waals surface area contributed by atoms with E-state index < -0.39 is 0 Å². The first-order chi connectivity index (χ1) is 9.13. The molecule has 1 heterocycles. The van der Waals surface area contributed by atoms with E-state index in [4.69, 9.17) is 10.6 Å². The van der Waals surface area contributed by atoms with Gasteiger partial charge in [0.15, 0.2) is 0 Å². The summed E-state index contributed by atoms with van der Waals surface area (Å²) >= 11 is 0. The predicted molar refractivity (Wildman–Crippen MR) is 74.7 cm³/mol. The quantitative estimate of drug-likeness (QED) is 0.573. The molecule has 0 aliphatic heterocycles. The van der Waals surface area contributed by atoms with Crippen molar-refractivity contribution >= 4 is 11.6 Å². The van der Waals surface area contributed by atoms with Gasteiger partial charge < -0.3 is 15.1 Å². The molecule has 6 nitrogen and oxygen atoms in total. The maximum atomic E-state index is 12.4. The largest absolute Gasteiger partial charge is 0.383 e. The third-order valence-corrected chi connectivity index (χ3v) is 3.07. The third-order valence-electron chi connectivity index (χ3n) is 3.07. The van der Waals surface area contributed by atoms with Gasteiger partial charge in [0.2, 0.25) is 0 Å². The van der Waals surface area contributed by atoms with Crippen LogP contribution in [-0.4, -0.2) is 42.1 Å². The van der Waals surface area contributed by atoms with Gasteiger partial charge in [-0.1, -0.05) is 6.92 Å². The van der Waals surface area contributed by atoms with Gasteiger partial charge in [0, 0.05) is 19.7 Å². The van der Waals surface area contributed by atoms with Crippen LogP contribution in [0, 0.1) is 0 Å². The molecule has 0 fully saturated rings. The molecule has 1 atom stereocenters. The molecule has 0 radical (unpaired) electrons. The zero-order valence-corrected chi connectivity index (χ0v) is 11.7. The zero-order valence-electron chi connectivity index (χ0n) is 11.7. The minimum absolute atomic E-state index is 0.0880. The number of nitrogens with one attached hydrogen (secondary N) is 1. The van der Waals surface area contributed by atoms with Crippen molar-refractivity contribution in [1.82, 2.24) is 9.88 Å². The van der Waals surface area contributed by atoms with Crippen LogP contribution in [0.1, 0.15) is 30.8 Å². The predicted octanol–water partition coefficient (Wildman–Crippen LogP) is 1.25. The molecule has 0 spiro atoms. The second-order valence-corrected chi connectivity index (χ2v) is 4.33. The van der Waals surface area contributed by atoms with Crippen molar-refractivity contribution in [2.45, 2.75) is 26.3 Å². The van der Waals surface area contributed by atoms with Crippen molar-refractivity contribution < 1.29 is 9.53 Å². The van der Waals surface area contributed by atoms with Crippen LogP contribution in [0.2, 0.25) is 0 Å². The molecule has 6 heteroatoms. The monoisotopic (exact) mass is 266 g/mol. The number of anilines is 1. The minimum atomic E-state index is -0.0880. The fourth-order valence-electron chi connectivity index (χ4n) is 1.69. The van der Waals surface area contributed by atoms with E-state index in [1.807, 2.05) is 13.8 Å². The van der Waals surface area contributed by atoms with E-state index in [2.05, 4.69) is 10.4 Å². The van der Waals surface area contributed by atoms with Gasteiger partial charge in [0.05, 0.1) is 18.5 Å². The molecule has 19 heavy (non-hydrogen) atoms. The van der Waals surface area contributed by atoms with Crippen LogP contribution >= 0.6 is 0 Å². The maximum Gasteiger partial charge on any atom is 0.272 e. The van der Waals surface area contributed by atoms with E-state index in [9.17, 15) is 4.79 Å². The Hall–Kier alpha value is -1.66. The first kappa shape index (κ1) is 15.4. The number of methoxy groups -OCH3 is 1. The Morgan fingerprint density at radius 2 is 2.32 bits per heavy atom. The first-order valence-electron chi connectivity index (χ1n) is 6.36. The molecular weight excluding hydrogens is 244 g/mol. The van der Waals surface area contributed by atoms with Gasteiger partial charge in [-0.2, -0.15) is 0 Å². The van der Waals surface area contributed by atoms with Gasteiger partial charge >= 0.3 is 0 Å². The highest BCUT2D eigenvalue weighted by Gasteiger charge is 2.21. The number of amides is 1. The summed E-state index contributed by atoms with van der Waals surface area (Å²) in [7, 11) is 1.62. The molecule has 1 unspecified atom stereocenters. The summed E-state index contributed by atoms with van der Waals surface area (Å²) < 4.78 is 5.05. The average Bonchev–Trinajstić information content (AvgIpc) is 2.47. The van der Waals surface area contributed by atoms with Crippen LogP contribution in [0.5, 0.6) is 0 Å². The SMILES string of the molecule is CCC(C)N(CCOC)C(=O)c1ccc(NN)cn1. The van der Waals surface area contributed by atoms with Gasteiger partial charge in [-0.3, -0.25) is 10.6 Å².